The summed E-state index contributed by atoms with van der Waals surface area (Å²) >= 11 is 1.29. The Morgan fingerprint density at radius 3 is 2.91 bits per heavy atom. The average molecular weight is 335 g/mol. The maximum atomic E-state index is 14.1. The van der Waals surface area contributed by atoms with Crippen LogP contribution in [0.4, 0.5) is 4.39 Å². The largest absolute Gasteiger partial charge is 0.373 e. The van der Waals surface area contributed by atoms with E-state index in [1.54, 1.807) is 12.1 Å². The zero-order valence-electron chi connectivity index (χ0n) is 12.6. The molecule has 0 aromatic heterocycles. The Balaban J connectivity index is 1.56. The van der Waals surface area contributed by atoms with E-state index in [1.165, 1.54) is 36.9 Å². The van der Waals surface area contributed by atoms with Crippen molar-refractivity contribution in [2.45, 2.75) is 38.4 Å². The molecule has 5 nitrogen and oxygen atoms in total. The molecule has 3 rings (SSSR count). The van der Waals surface area contributed by atoms with Gasteiger partial charge in [0, 0.05) is 5.56 Å². The molecule has 1 heterocycles. The maximum absolute atomic E-state index is 14.1. The van der Waals surface area contributed by atoms with Gasteiger partial charge in [-0.1, -0.05) is 36.7 Å². The van der Waals surface area contributed by atoms with Crippen molar-refractivity contribution in [3.63, 3.8) is 0 Å². The lowest BCUT2D eigenvalue weighted by Gasteiger charge is -2.11. The predicted octanol–water partition coefficient (Wildman–Crippen LogP) is 2.84. The number of amidine groups is 1. The smallest absolute Gasteiger partial charge is 0.236 e. The van der Waals surface area contributed by atoms with Crippen LogP contribution in [0, 0.1) is 5.82 Å². The number of benzene rings is 1. The van der Waals surface area contributed by atoms with E-state index in [0.717, 1.165) is 12.8 Å². The van der Waals surface area contributed by atoms with Crippen molar-refractivity contribution in [2.75, 3.05) is 5.75 Å². The van der Waals surface area contributed by atoms with Crippen LogP contribution in [0.3, 0.4) is 0 Å². The van der Waals surface area contributed by atoms with E-state index in [9.17, 15) is 9.18 Å². The van der Waals surface area contributed by atoms with Gasteiger partial charge in [0.2, 0.25) is 5.91 Å². The summed E-state index contributed by atoms with van der Waals surface area (Å²) in [7, 11) is 0. The van der Waals surface area contributed by atoms with Crippen LogP contribution in [-0.2, 0) is 16.1 Å². The van der Waals surface area contributed by atoms with Crippen molar-refractivity contribution >= 4 is 29.1 Å². The van der Waals surface area contributed by atoms with Crippen molar-refractivity contribution in [1.82, 2.24) is 5.32 Å². The van der Waals surface area contributed by atoms with E-state index in [4.69, 9.17) is 4.74 Å². The summed E-state index contributed by atoms with van der Waals surface area (Å²) in [5.74, 6) is -0.0247. The molecule has 0 atom stereocenters. The molecule has 1 saturated heterocycles. The topological polar surface area (TPSA) is 63.0 Å². The van der Waals surface area contributed by atoms with Crippen LogP contribution in [-0.4, -0.2) is 29.1 Å². The van der Waals surface area contributed by atoms with Crippen LogP contribution in [0.5, 0.6) is 0 Å². The highest BCUT2D eigenvalue weighted by atomic mass is 32.2. The van der Waals surface area contributed by atoms with Gasteiger partial charge in [-0.3, -0.25) is 4.79 Å². The van der Waals surface area contributed by atoms with Crippen molar-refractivity contribution in [2.24, 2.45) is 10.2 Å². The molecule has 7 heteroatoms. The summed E-state index contributed by atoms with van der Waals surface area (Å²) in [6, 6.07) is 4.91. The molecule has 1 saturated carbocycles. The number of thioether (sulfide) groups is 1. The number of nitrogens with one attached hydrogen (secondary N) is 1. The van der Waals surface area contributed by atoms with Crippen molar-refractivity contribution in [1.29, 1.82) is 0 Å². The van der Waals surface area contributed by atoms with E-state index in [-0.39, 0.29) is 17.8 Å². The molecule has 1 amide bonds. The number of rotatable bonds is 5. The number of hydrogen-bond acceptors (Lipinski definition) is 5. The molecule has 0 bridgehead atoms. The number of carbonyl (C=O) groups excluding carboxylic acids is 1. The molecule has 1 aliphatic heterocycles. The highest BCUT2D eigenvalue weighted by Crippen LogP contribution is 2.22. The minimum atomic E-state index is -0.303. The molecule has 1 aromatic carbocycles. The van der Waals surface area contributed by atoms with Crippen molar-refractivity contribution in [3.8, 4) is 0 Å². The molecule has 0 unspecified atom stereocenters. The Hall–Kier alpha value is -1.73. The maximum Gasteiger partial charge on any atom is 0.236 e. The summed E-state index contributed by atoms with van der Waals surface area (Å²) in [6.07, 6.45) is 6.27. The molecule has 0 radical (unpaired) electrons. The van der Waals surface area contributed by atoms with E-state index in [2.05, 4.69) is 15.5 Å². The Labute approximate surface area is 138 Å². The fourth-order valence-corrected chi connectivity index (χ4v) is 3.18. The highest BCUT2D eigenvalue weighted by molar-refractivity contribution is 8.15. The number of hydrogen-bond donors (Lipinski definition) is 1. The van der Waals surface area contributed by atoms with Crippen LogP contribution in [0.25, 0.3) is 0 Å². The summed E-state index contributed by atoms with van der Waals surface area (Å²) in [4.78, 5) is 11.0. The van der Waals surface area contributed by atoms with Crippen LogP contribution >= 0.6 is 11.8 Å². The van der Waals surface area contributed by atoms with Gasteiger partial charge in [0.1, 0.15) is 5.82 Å². The normalized spacial score (nSPS) is 20.7. The number of halogens is 1. The Kier molecular flexibility index (Phi) is 5.40. The Morgan fingerprint density at radius 1 is 1.39 bits per heavy atom. The first-order valence-electron chi connectivity index (χ1n) is 7.64. The summed E-state index contributed by atoms with van der Waals surface area (Å²) in [5, 5.41) is 10.8. The lowest BCUT2D eigenvalue weighted by Crippen LogP contribution is -2.19. The number of nitrogens with zero attached hydrogens (tertiary/aromatic N) is 2. The molecule has 23 heavy (non-hydrogen) atoms. The van der Waals surface area contributed by atoms with Crippen LogP contribution in [0.2, 0.25) is 0 Å². The van der Waals surface area contributed by atoms with Crippen LogP contribution in [0.15, 0.2) is 28.4 Å². The second kappa shape index (κ2) is 7.70. The third-order valence-corrected chi connectivity index (χ3v) is 4.66. The van der Waals surface area contributed by atoms with Crippen LogP contribution < -0.4 is 5.32 Å². The SMILES string of the molecule is O=C1CSC(=NN=Cc2ccc(COC3CCCC3)c(F)c2)N1. The lowest BCUT2D eigenvalue weighted by atomic mass is 10.1. The van der Waals surface area contributed by atoms with E-state index in [0.29, 0.717) is 28.7 Å². The minimum Gasteiger partial charge on any atom is -0.373 e. The average Bonchev–Trinajstić information content (AvgIpc) is 3.18. The molecule has 0 spiro atoms. The van der Waals surface area contributed by atoms with E-state index >= 15 is 0 Å². The summed E-state index contributed by atoms with van der Waals surface area (Å²) in [5.41, 5.74) is 1.17. The van der Waals surface area contributed by atoms with Crippen molar-refractivity contribution < 1.29 is 13.9 Å². The fourth-order valence-electron chi connectivity index (χ4n) is 2.55. The predicted molar refractivity (Wildman–Crippen MR) is 89.1 cm³/mol. The first-order valence-corrected chi connectivity index (χ1v) is 8.63. The third-order valence-electron chi connectivity index (χ3n) is 3.80. The van der Waals surface area contributed by atoms with Gasteiger partial charge in [-0.05, 0) is 24.5 Å². The second-order valence-electron chi connectivity index (χ2n) is 5.55. The van der Waals surface area contributed by atoms with Gasteiger partial charge in [-0.25, -0.2) is 4.39 Å². The number of amides is 1. The van der Waals surface area contributed by atoms with Crippen molar-refractivity contribution in [3.05, 3.63) is 35.1 Å². The molecule has 1 aromatic rings. The standard InChI is InChI=1S/C16H18FN3O2S/c17-14-7-11(8-18-20-16-19-15(21)10-23-16)5-6-12(14)9-22-13-3-1-2-4-13/h5-8,13H,1-4,9-10H2,(H,19,20,21). The van der Waals surface area contributed by atoms with Gasteiger partial charge >= 0.3 is 0 Å². The van der Waals surface area contributed by atoms with Gasteiger partial charge in [0.05, 0.1) is 24.7 Å². The molecular formula is C16H18FN3O2S. The molecule has 122 valence electrons. The van der Waals surface area contributed by atoms with Crippen LogP contribution in [0.1, 0.15) is 36.8 Å². The van der Waals surface area contributed by atoms with Gasteiger partial charge in [0.25, 0.3) is 0 Å². The fraction of sp³-hybridized carbons (Fsp3) is 0.438. The molecule has 2 aliphatic rings. The Bertz CT molecular complexity index is 642. The molecule has 1 aliphatic carbocycles. The minimum absolute atomic E-state index is 0.0818. The summed E-state index contributed by atoms with van der Waals surface area (Å²) in [6.45, 7) is 0.304. The van der Waals surface area contributed by atoms with E-state index in [1.807, 2.05) is 0 Å². The quantitative estimate of drug-likeness (QED) is 0.665. The Morgan fingerprint density at radius 2 is 2.22 bits per heavy atom. The zero-order valence-corrected chi connectivity index (χ0v) is 13.4. The van der Waals surface area contributed by atoms with Gasteiger partial charge in [-0.15, -0.1) is 5.10 Å². The first-order chi connectivity index (χ1) is 11.2. The molecule has 1 N–H and O–H groups in total. The monoisotopic (exact) mass is 335 g/mol. The zero-order chi connectivity index (χ0) is 16.1. The number of carbonyl (C=O) groups is 1. The molecular weight excluding hydrogens is 317 g/mol. The third kappa shape index (κ3) is 4.62. The lowest BCUT2D eigenvalue weighted by molar-refractivity contribution is -0.116. The van der Waals surface area contributed by atoms with Gasteiger partial charge < -0.3 is 10.1 Å². The first kappa shape index (κ1) is 16.1. The van der Waals surface area contributed by atoms with Gasteiger partial charge in [-0.2, -0.15) is 5.10 Å². The van der Waals surface area contributed by atoms with E-state index < -0.39 is 0 Å². The highest BCUT2D eigenvalue weighted by Gasteiger charge is 2.17. The second-order valence-corrected chi connectivity index (χ2v) is 6.52. The summed E-state index contributed by atoms with van der Waals surface area (Å²) < 4.78 is 19.8. The molecule has 2 fully saturated rings. The number of ether oxygens (including phenoxy) is 1. The van der Waals surface area contributed by atoms with Gasteiger partial charge in [0.15, 0.2) is 5.17 Å².